The third-order valence-electron chi connectivity index (χ3n) is 2.05. The number of nitrogens with zero attached hydrogens (tertiary/aromatic N) is 1. The van der Waals surface area contributed by atoms with Gasteiger partial charge in [0.05, 0.1) is 0 Å². The van der Waals surface area contributed by atoms with E-state index >= 15 is 0 Å². The van der Waals surface area contributed by atoms with Gasteiger partial charge >= 0.3 is 0 Å². The van der Waals surface area contributed by atoms with Crippen LogP contribution in [0.2, 0.25) is 5.15 Å². The average molecular weight is 274 g/mol. The van der Waals surface area contributed by atoms with Crippen molar-refractivity contribution >= 4 is 52.8 Å². The topological polar surface area (TPSA) is 42.0 Å². The average Bonchev–Trinajstić information content (AvgIpc) is 2.32. The molecule has 2 aromatic rings. The molecule has 0 unspecified atom stereocenters. The first kappa shape index (κ1) is 15.1. The second kappa shape index (κ2) is 6.85. The van der Waals surface area contributed by atoms with Gasteiger partial charge in [-0.05, 0) is 36.4 Å². The van der Waals surface area contributed by atoms with Gasteiger partial charge in [-0.25, -0.2) is 9.37 Å². The molecule has 0 spiro atoms. The SMILES string of the molecule is O=C(Nc1ccc(F)cc1)c1cccc(Cl)n1.[Na]. The van der Waals surface area contributed by atoms with E-state index in [0.717, 1.165) is 0 Å². The molecule has 0 atom stereocenters. The minimum absolute atomic E-state index is 0. The minimum Gasteiger partial charge on any atom is -0.321 e. The number of aromatic nitrogens is 1. The van der Waals surface area contributed by atoms with E-state index in [-0.39, 0.29) is 52.1 Å². The number of carbonyl (C=O) groups is 1. The van der Waals surface area contributed by atoms with Gasteiger partial charge in [-0.15, -0.1) is 0 Å². The summed E-state index contributed by atoms with van der Waals surface area (Å²) >= 11 is 5.67. The van der Waals surface area contributed by atoms with Crippen molar-refractivity contribution in [3.63, 3.8) is 0 Å². The molecule has 3 nitrogen and oxygen atoms in total. The van der Waals surface area contributed by atoms with E-state index in [9.17, 15) is 9.18 Å². The van der Waals surface area contributed by atoms with Crippen molar-refractivity contribution in [2.75, 3.05) is 5.32 Å². The van der Waals surface area contributed by atoms with E-state index in [2.05, 4.69) is 10.3 Å². The molecular formula is C12H8ClFN2NaO. The Morgan fingerprint density at radius 3 is 2.44 bits per heavy atom. The third-order valence-corrected chi connectivity index (χ3v) is 2.26. The van der Waals surface area contributed by atoms with E-state index in [1.54, 1.807) is 18.2 Å². The molecule has 0 saturated heterocycles. The number of hydrogen-bond acceptors (Lipinski definition) is 2. The van der Waals surface area contributed by atoms with E-state index in [1.165, 1.54) is 24.3 Å². The fourth-order valence-corrected chi connectivity index (χ4v) is 1.43. The number of carbonyl (C=O) groups excluding carboxylic acids is 1. The van der Waals surface area contributed by atoms with Crippen LogP contribution in [0.4, 0.5) is 10.1 Å². The first-order chi connectivity index (χ1) is 8.15. The fourth-order valence-electron chi connectivity index (χ4n) is 1.26. The third kappa shape index (κ3) is 4.07. The fraction of sp³-hybridized carbons (Fsp3) is 0. The Bertz CT molecular complexity index is 548. The molecule has 2 rings (SSSR count). The standard InChI is InChI=1S/C12H8ClFN2O.Na/c13-11-3-1-2-10(16-11)12(17)15-9-6-4-8(14)5-7-9;/h1-7H,(H,15,17);. The molecule has 0 aliphatic carbocycles. The molecule has 6 heteroatoms. The maximum absolute atomic E-state index is 12.7. The van der Waals surface area contributed by atoms with Gasteiger partial charge < -0.3 is 5.32 Å². The summed E-state index contributed by atoms with van der Waals surface area (Å²) in [6.07, 6.45) is 0. The number of anilines is 1. The monoisotopic (exact) mass is 273 g/mol. The van der Waals surface area contributed by atoms with Crippen LogP contribution in [0, 0.1) is 5.82 Å². The van der Waals surface area contributed by atoms with Crippen molar-refractivity contribution in [1.29, 1.82) is 0 Å². The summed E-state index contributed by atoms with van der Waals surface area (Å²) in [7, 11) is 0. The van der Waals surface area contributed by atoms with Crippen LogP contribution >= 0.6 is 11.6 Å². The molecule has 1 aromatic heterocycles. The molecule has 0 aliphatic heterocycles. The van der Waals surface area contributed by atoms with Crippen LogP contribution in [-0.4, -0.2) is 40.4 Å². The van der Waals surface area contributed by atoms with Gasteiger partial charge in [0.1, 0.15) is 16.7 Å². The predicted molar refractivity (Wildman–Crippen MR) is 69.4 cm³/mol. The summed E-state index contributed by atoms with van der Waals surface area (Å²) in [5, 5.41) is 2.83. The van der Waals surface area contributed by atoms with E-state index in [0.29, 0.717) is 5.69 Å². The predicted octanol–water partition coefficient (Wildman–Crippen LogP) is 2.75. The number of rotatable bonds is 2. The van der Waals surface area contributed by atoms with Crippen molar-refractivity contribution in [3.05, 3.63) is 59.1 Å². The van der Waals surface area contributed by atoms with E-state index in [4.69, 9.17) is 11.6 Å². The normalized spacial score (nSPS) is 9.44. The van der Waals surface area contributed by atoms with Crippen molar-refractivity contribution in [2.45, 2.75) is 0 Å². The molecule has 1 aromatic carbocycles. The van der Waals surface area contributed by atoms with E-state index < -0.39 is 0 Å². The number of halogens is 2. The summed E-state index contributed by atoms with van der Waals surface area (Å²) in [5.74, 6) is -0.747. The largest absolute Gasteiger partial charge is 0.321 e. The molecule has 87 valence electrons. The zero-order valence-corrected chi connectivity index (χ0v) is 12.4. The van der Waals surface area contributed by atoms with Crippen LogP contribution in [0.25, 0.3) is 0 Å². The maximum atomic E-state index is 12.7. The van der Waals surface area contributed by atoms with Crippen LogP contribution in [0.3, 0.4) is 0 Å². The summed E-state index contributed by atoms with van der Waals surface area (Å²) in [6.45, 7) is 0. The van der Waals surface area contributed by atoms with Crippen LogP contribution < -0.4 is 5.32 Å². The quantitative estimate of drug-likeness (QED) is 0.675. The Morgan fingerprint density at radius 2 is 1.83 bits per heavy atom. The second-order valence-electron chi connectivity index (χ2n) is 3.31. The molecular weight excluding hydrogens is 266 g/mol. The molecule has 0 bridgehead atoms. The summed E-state index contributed by atoms with van der Waals surface area (Å²) in [6, 6.07) is 10.2. The number of hydrogen-bond donors (Lipinski definition) is 1. The Morgan fingerprint density at radius 1 is 1.17 bits per heavy atom. The number of nitrogens with one attached hydrogen (secondary N) is 1. The molecule has 1 N–H and O–H groups in total. The number of benzene rings is 1. The molecule has 1 amide bonds. The Hall–Kier alpha value is -0.940. The molecule has 1 radical (unpaired) electrons. The zero-order chi connectivity index (χ0) is 12.3. The molecule has 18 heavy (non-hydrogen) atoms. The maximum Gasteiger partial charge on any atom is 0.274 e. The van der Waals surface area contributed by atoms with Crippen molar-refractivity contribution < 1.29 is 9.18 Å². The molecule has 0 aliphatic rings. The van der Waals surface area contributed by atoms with Crippen molar-refractivity contribution in [3.8, 4) is 0 Å². The van der Waals surface area contributed by atoms with Gasteiger partial charge in [0.2, 0.25) is 0 Å². The first-order valence-electron chi connectivity index (χ1n) is 4.84. The smallest absolute Gasteiger partial charge is 0.274 e. The molecule has 1 heterocycles. The van der Waals surface area contributed by atoms with Gasteiger partial charge in [0, 0.05) is 35.2 Å². The summed E-state index contributed by atoms with van der Waals surface area (Å²) < 4.78 is 12.7. The van der Waals surface area contributed by atoms with Gasteiger partial charge in [-0.3, -0.25) is 4.79 Å². The van der Waals surface area contributed by atoms with Gasteiger partial charge in [-0.2, -0.15) is 0 Å². The second-order valence-corrected chi connectivity index (χ2v) is 3.69. The number of pyridine rings is 1. The van der Waals surface area contributed by atoms with Crippen molar-refractivity contribution in [2.24, 2.45) is 0 Å². The van der Waals surface area contributed by atoms with Crippen LogP contribution in [0.1, 0.15) is 10.5 Å². The minimum atomic E-state index is -0.390. The van der Waals surface area contributed by atoms with E-state index in [1.807, 2.05) is 0 Å². The van der Waals surface area contributed by atoms with Gasteiger partial charge in [-0.1, -0.05) is 17.7 Å². The number of amides is 1. The Balaban J connectivity index is 0.00000162. The van der Waals surface area contributed by atoms with Gasteiger partial charge in [0.15, 0.2) is 0 Å². The van der Waals surface area contributed by atoms with Crippen LogP contribution in [0.15, 0.2) is 42.5 Å². The molecule has 0 saturated carbocycles. The molecule has 0 fully saturated rings. The Kier molecular flexibility index (Phi) is 5.75. The van der Waals surface area contributed by atoms with Crippen LogP contribution in [-0.2, 0) is 0 Å². The summed E-state index contributed by atoms with van der Waals surface area (Å²) in [5.41, 5.74) is 0.708. The van der Waals surface area contributed by atoms with Crippen molar-refractivity contribution in [1.82, 2.24) is 4.98 Å². The summed E-state index contributed by atoms with van der Waals surface area (Å²) in [4.78, 5) is 15.6. The first-order valence-corrected chi connectivity index (χ1v) is 5.22. The van der Waals surface area contributed by atoms with Gasteiger partial charge in [0.25, 0.3) is 5.91 Å². The van der Waals surface area contributed by atoms with Crippen LogP contribution in [0.5, 0.6) is 0 Å². The zero-order valence-electron chi connectivity index (χ0n) is 9.65. The Labute approximate surface area is 131 Å².